The van der Waals surface area contributed by atoms with Crippen molar-refractivity contribution in [3.05, 3.63) is 18.0 Å². The molecular weight excluding hydrogens is 287 g/mol. The first-order valence-electron chi connectivity index (χ1n) is 6.24. The summed E-state index contributed by atoms with van der Waals surface area (Å²) >= 11 is 0. The van der Waals surface area contributed by atoms with Crippen molar-refractivity contribution >= 4 is 11.9 Å². The molecule has 0 radical (unpaired) electrons. The average Bonchev–Trinajstić information content (AvgIpc) is 2.89. The summed E-state index contributed by atoms with van der Waals surface area (Å²) in [5.74, 6) is 0.164. The molecule has 0 saturated heterocycles. The SMILES string of the molecule is CCN(CC)c1nc(N)nc(-n2ccc(C(F)(F)F)n2)n1. The maximum absolute atomic E-state index is 12.6. The van der Waals surface area contributed by atoms with Gasteiger partial charge in [0.15, 0.2) is 5.69 Å². The Morgan fingerprint density at radius 1 is 1.19 bits per heavy atom. The second-order valence-corrected chi connectivity index (χ2v) is 4.11. The first kappa shape index (κ1) is 15.0. The number of alkyl halides is 3. The molecule has 21 heavy (non-hydrogen) atoms. The Kier molecular flexibility index (Phi) is 3.96. The Morgan fingerprint density at radius 3 is 2.38 bits per heavy atom. The third kappa shape index (κ3) is 3.20. The number of nitrogen functional groups attached to an aromatic ring is 1. The highest BCUT2D eigenvalue weighted by Crippen LogP contribution is 2.27. The molecular formula is C11H14F3N7. The van der Waals surface area contributed by atoms with Gasteiger partial charge in [0, 0.05) is 19.3 Å². The molecule has 2 rings (SSSR count). The molecule has 2 aromatic heterocycles. The van der Waals surface area contributed by atoms with Crippen LogP contribution < -0.4 is 10.6 Å². The lowest BCUT2D eigenvalue weighted by Crippen LogP contribution is -2.25. The van der Waals surface area contributed by atoms with Crippen molar-refractivity contribution < 1.29 is 13.2 Å². The maximum atomic E-state index is 12.6. The van der Waals surface area contributed by atoms with E-state index in [9.17, 15) is 13.2 Å². The summed E-state index contributed by atoms with van der Waals surface area (Å²) in [6.45, 7) is 5.07. The zero-order valence-electron chi connectivity index (χ0n) is 11.5. The molecule has 0 fully saturated rings. The lowest BCUT2D eigenvalue weighted by atomic mass is 10.4. The lowest BCUT2D eigenvalue weighted by molar-refractivity contribution is -0.141. The molecule has 0 aliphatic rings. The Morgan fingerprint density at radius 2 is 1.86 bits per heavy atom. The predicted molar refractivity (Wildman–Crippen MR) is 69.9 cm³/mol. The van der Waals surface area contributed by atoms with Gasteiger partial charge in [0.2, 0.25) is 11.9 Å². The molecule has 0 unspecified atom stereocenters. The number of rotatable bonds is 4. The number of nitrogens with zero attached hydrogens (tertiary/aromatic N) is 6. The zero-order valence-corrected chi connectivity index (χ0v) is 11.5. The molecule has 2 heterocycles. The molecule has 2 aromatic rings. The summed E-state index contributed by atoms with van der Waals surface area (Å²) in [6, 6.07) is 0.844. The minimum atomic E-state index is -4.52. The van der Waals surface area contributed by atoms with Crippen LogP contribution in [-0.4, -0.2) is 37.8 Å². The summed E-state index contributed by atoms with van der Waals surface area (Å²) in [4.78, 5) is 13.7. The molecule has 0 saturated carbocycles. The van der Waals surface area contributed by atoms with E-state index in [1.165, 1.54) is 0 Å². The molecule has 114 valence electrons. The highest BCUT2D eigenvalue weighted by molar-refractivity contribution is 5.37. The van der Waals surface area contributed by atoms with E-state index in [-0.39, 0.29) is 11.9 Å². The van der Waals surface area contributed by atoms with E-state index in [0.29, 0.717) is 19.0 Å². The van der Waals surface area contributed by atoms with Crippen molar-refractivity contribution in [2.75, 3.05) is 23.7 Å². The highest BCUT2D eigenvalue weighted by atomic mass is 19.4. The van der Waals surface area contributed by atoms with Crippen molar-refractivity contribution in [2.45, 2.75) is 20.0 Å². The van der Waals surface area contributed by atoms with Crippen LogP contribution in [0.15, 0.2) is 12.3 Å². The quantitative estimate of drug-likeness (QED) is 0.921. The molecule has 0 atom stereocenters. The maximum Gasteiger partial charge on any atom is 0.435 e. The van der Waals surface area contributed by atoms with Crippen LogP contribution in [0.3, 0.4) is 0 Å². The molecule has 10 heteroatoms. The molecule has 0 spiro atoms. The fraction of sp³-hybridized carbons (Fsp3) is 0.455. The monoisotopic (exact) mass is 301 g/mol. The van der Waals surface area contributed by atoms with Crippen LogP contribution in [0.5, 0.6) is 0 Å². The summed E-state index contributed by atoms with van der Waals surface area (Å²) in [6.07, 6.45) is -3.39. The first-order valence-corrected chi connectivity index (χ1v) is 6.24. The number of hydrogen-bond acceptors (Lipinski definition) is 6. The number of hydrogen-bond donors (Lipinski definition) is 1. The topological polar surface area (TPSA) is 85.8 Å². The number of anilines is 2. The van der Waals surface area contributed by atoms with Crippen LogP contribution in [0.4, 0.5) is 25.1 Å². The molecule has 0 aliphatic carbocycles. The van der Waals surface area contributed by atoms with E-state index >= 15 is 0 Å². The van der Waals surface area contributed by atoms with Gasteiger partial charge in [-0.1, -0.05) is 0 Å². The summed E-state index contributed by atoms with van der Waals surface area (Å²) in [7, 11) is 0. The zero-order chi connectivity index (χ0) is 15.6. The van der Waals surface area contributed by atoms with E-state index in [1.54, 1.807) is 4.90 Å². The second-order valence-electron chi connectivity index (χ2n) is 4.11. The number of halogens is 3. The molecule has 0 bridgehead atoms. The predicted octanol–water partition coefficient (Wildman–Crippen LogP) is 1.50. The fourth-order valence-electron chi connectivity index (χ4n) is 1.71. The van der Waals surface area contributed by atoms with E-state index in [4.69, 9.17) is 5.73 Å². The Hall–Kier alpha value is -2.39. The van der Waals surface area contributed by atoms with Crippen LogP contribution in [-0.2, 0) is 6.18 Å². The molecule has 0 aromatic carbocycles. The normalized spacial score (nSPS) is 11.7. The van der Waals surface area contributed by atoms with Crippen LogP contribution in [0, 0.1) is 0 Å². The minimum Gasteiger partial charge on any atom is -0.368 e. The van der Waals surface area contributed by atoms with Gasteiger partial charge in [0.05, 0.1) is 0 Å². The summed E-state index contributed by atoms with van der Waals surface area (Å²) < 4.78 is 38.6. The largest absolute Gasteiger partial charge is 0.435 e. The van der Waals surface area contributed by atoms with Gasteiger partial charge >= 0.3 is 6.18 Å². The van der Waals surface area contributed by atoms with Gasteiger partial charge in [0.1, 0.15) is 0 Å². The van der Waals surface area contributed by atoms with Gasteiger partial charge in [-0.15, -0.1) is 0 Å². The Balaban J connectivity index is 2.42. The second kappa shape index (κ2) is 5.54. The van der Waals surface area contributed by atoms with Gasteiger partial charge in [-0.3, -0.25) is 0 Å². The summed E-state index contributed by atoms with van der Waals surface area (Å²) in [5, 5.41) is 3.41. The van der Waals surface area contributed by atoms with Gasteiger partial charge in [0.25, 0.3) is 5.95 Å². The van der Waals surface area contributed by atoms with E-state index in [0.717, 1.165) is 16.9 Å². The van der Waals surface area contributed by atoms with Gasteiger partial charge in [-0.2, -0.15) is 33.2 Å². The summed E-state index contributed by atoms with van der Waals surface area (Å²) in [5.41, 5.74) is 4.56. The van der Waals surface area contributed by atoms with Crippen molar-refractivity contribution in [3.8, 4) is 5.95 Å². The van der Waals surface area contributed by atoms with Crippen molar-refractivity contribution in [2.24, 2.45) is 0 Å². The third-order valence-corrected chi connectivity index (χ3v) is 2.76. The standard InChI is InChI=1S/C11H14F3N7/c1-3-20(4-2)9-16-8(15)17-10(18-9)21-6-5-7(19-21)11(12,13)14/h5-6H,3-4H2,1-2H3,(H2,15,16,17,18). The van der Waals surface area contributed by atoms with Crippen molar-refractivity contribution in [1.29, 1.82) is 0 Å². The van der Waals surface area contributed by atoms with E-state index in [2.05, 4.69) is 20.1 Å². The Bertz CT molecular complexity index is 619. The molecule has 0 aliphatic heterocycles. The van der Waals surface area contributed by atoms with E-state index < -0.39 is 11.9 Å². The van der Waals surface area contributed by atoms with E-state index in [1.807, 2.05) is 13.8 Å². The third-order valence-electron chi connectivity index (χ3n) is 2.76. The molecule has 0 amide bonds. The molecule has 2 N–H and O–H groups in total. The number of nitrogens with two attached hydrogens (primary N) is 1. The molecule has 7 nitrogen and oxygen atoms in total. The number of aromatic nitrogens is 5. The van der Waals surface area contributed by atoms with Crippen LogP contribution in [0.2, 0.25) is 0 Å². The average molecular weight is 301 g/mol. The van der Waals surface area contributed by atoms with Gasteiger partial charge in [-0.25, -0.2) is 4.68 Å². The highest BCUT2D eigenvalue weighted by Gasteiger charge is 2.33. The van der Waals surface area contributed by atoms with Crippen molar-refractivity contribution in [3.63, 3.8) is 0 Å². The van der Waals surface area contributed by atoms with Gasteiger partial charge < -0.3 is 10.6 Å². The van der Waals surface area contributed by atoms with Gasteiger partial charge in [-0.05, 0) is 19.9 Å². The first-order chi connectivity index (χ1) is 9.85. The minimum absolute atomic E-state index is 0.0556. The van der Waals surface area contributed by atoms with Crippen LogP contribution >= 0.6 is 0 Å². The lowest BCUT2D eigenvalue weighted by Gasteiger charge is -2.18. The van der Waals surface area contributed by atoms with Crippen molar-refractivity contribution in [1.82, 2.24) is 24.7 Å². The fourth-order valence-corrected chi connectivity index (χ4v) is 1.71. The smallest absolute Gasteiger partial charge is 0.368 e. The van der Waals surface area contributed by atoms with Crippen LogP contribution in [0.1, 0.15) is 19.5 Å². The van der Waals surface area contributed by atoms with Crippen LogP contribution in [0.25, 0.3) is 5.95 Å². The Labute approximate surface area is 118 Å².